The summed E-state index contributed by atoms with van der Waals surface area (Å²) in [6, 6.07) is 1.81. The first kappa shape index (κ1) is 13.6. The molecule has 8 heteroatoms. The van der Waals surface area contributed by atoms with Crippen molar-refractivity contribution in [3.63, 3.8) is 0 Å². The minimum atomic E-state index is -4.29. The second-order valence-electron chi connectivity index (χ2n) is 3.98. The number of aryl methyl sites for hydroxylation is 1. The molecule has 0 radical (unpaired) electrons. The summed E-state index contributed by atoms with van der Waals surface area (Å²) in [5, 5.41) is 2.91. The van der Waals surface area contributed by atoms with E-state index in [4.69, 9.17) is 0 Å². The molecule has 2 rings (SSSR count). The maximum absolute atomic E-state index is 11.8. The largest absolute Gasteiger partial charge is 0.411 e. The van der Waals surface area contributed by atoms with E-state index < -0.39 is 12.8 Å². The summed E-state index contributed by atoms with van der Waals surface area (Å²) in [7, 11) is 1.85. The van der Waals surface area contributed by atoms with Gasteiger partial charge in [0.1, 0.15) is 12.1 Å². The van der Waals surface area contributed by atoms with Crippen LogP contribution in [0, 0.1) is 0 Å². The zero-order valence-electron chi connectivity index (χ0n) is 10.2. The molecule has 19 heavy (non-hydrogen) atoms. The highest BCUT2D eigenvalue weighted by Crippen LogP contribution is 2.18. The predicted octanol–water partition coefficient (Wildman–Crippen LogP) is 1.96. The smallest absolute Gasteiger partial charge is 0.370 e. The second-order valence-corrected chi connectivity index (χ2v) is 3.98. The molecule has 2 aromatic heterocycles. The van der Waals surface area contributed by atoms with Gasteiger partial charge in [0.25, 0.3) is 0 Å². The Bertz CT molecular complexity index is 552. The van der Waals surface area contributed by atoms with Crippen molar-refractivity contribution >= 4 is 16.9 Å². The second kappa shape index (κ2) is 5.43. The summed E-state index contributed by atoms with van der Waals surface area (Å²) < 4.78 is 41.9. The molecule has 0 amide bonds. The van der Waals surface area contributed by atoms with Gasteiger partial charge in [-0.1, -0.05) is 0 Å². The van der Waals surface area contributed by atoms with E-state index in [2.05, 4.69) is 20.0 Å². The fraction of sp³-hybridized carbons (Fsp3) is 0.455. The molecule has 0 aromatic carbocycles. The molecule has 5 nitrogen and oxygen atoms in total. The van der Waals surface area contributed by atoms with Crippen LogP contribution in [0.5, 0.6) is 0 Å². The molecular formula is C11H13F3N4O. The van der Waals surface area contributed by atoms with Crippen molar-refractivity contribution in [2.75, 3.05) is 25.1 Å². The topological polar surface area (TPSA) is 52.0 Å². The van der Waals surface area contributed by atoms with E-state index >= 15 is 0 Å². The predicted molar refractivity (Wildman–Crippen MR) is 63.9 cm³/mol. The summed E-state index contributed by atoms with van der Waals surface area (Å²) in [6.07, 6.45) is -1.03. The number of halogens is 3. The first-order valence-corrected chi connectivity index (χ1v) is 5.62. The van der Waals surface area contributed by atoms with Gasteiger partial charge in [0, 0.05) is 19.8 Å². The number of nitrogens with one attached hydrogen (secondary N) is 1. The lowest BCUT2D eigenvalue weighted by Crippen LogP contribution is -2.20. The highest BCUT2D eigenvalue weighted by Gasteiger charge is 2.27. The Morgan fingerprint density at radius 2 is 2.16 bits per heavy atom. The maximum Gasteiger partial charge on any atom is 0.411 e. The average Bonchev–Trinajstić information content (AvgIpc) is 2.70. The fourth-order valence-corrected chi connectivity index (χ4v) is 1.62. The molecule has 0 spiro atoms. The van der Waals surface area contributed by atoms with E-state index in [1.54, 1.807) is 12.5 Å². The highest BCUT2D eigenvalue weighted by molar-refractivity contribution is 5.85. The van der Waals surface area contributed by atoms with Crippen LogP contribution < -0.4 is 5.32 Å². The number of ether oxygens (including phenoxy) is 1. The first-order chi connectivity index (χ1) is 8.97. The van der Waals surface area contributed by atoms with Crippen molar-refractivity contribution in [3.8, 4) is 0 Å². The molecule has 0 saturated carbocycles. The minimum absolute atomic E-state index is 0.0512. The highest BCUT2D eigenvalue weighted by atomic mass is 19.4. The van der Waals surface area contributed by atoms with E-state index in [0.717, 1.165) is 5.52 Å². The Hall–Kier alpha value is -1.83. The third kappa shape index (κ3) is 3.57. The van der Waals surface area contributed by atoms with Crippen molar-refractivity contribution in [2.24, 2.45) is 7.05 Å². The van der Waals surface area contributed by atoms with E-state index in [-0.39, 0.29) is 13.2 Å². The Morgan fingerprint density at radius 1 is 1.37 bits per heavy atom. The van der Waals surface area contributed by atoms with Crippen molar-refractivity contribution in [2.45, 2.75) is 6.18 Å². The monoisotopic (exact) mass is 274 g/mol. The van der Waals surface area contributed by atoms with Crippen LogP contribution in [-0.4, -0.2) is 40.5 Å². The van der Waals surface area contributed by atoms with Crippen LogP contribution >= 0.6 is 0 Å². The molecular weight excluding hydrogens is 261 g/mol. The zero-order chi connectivity index (χ0) is 13.9. The van der Waals surface area contributed by atoms with Gasteiger partial charge in [0.15, 0.2) is 5.82 Å². The summed E-state index contributed by atoms with van der Waals surface area (Å²) in [6.45, 7) is -1.06. The van der Waals surface area contributed by atoms with Crippen LogP contribution in [0.2, 0.25) is 0 Å². The van der Waals surface area contributed by atoms with Gasteiger partial charge in [-0.2, -0.15) is 13.2 Å². The van der Waals surface area contributed by atoms with Crippen molar-refractivity contribution in [1.29, 1.82) is 0 Å². The van der Waals surface area contributed by atoms with E-state index in [9.17, 15) is 13.2 Å². The minimum Gasteiger partial charge on any atom is -0.370 e. The molecule has 0 fully saturated rings. The molecule has 0 atom stereocenters. The van der Waals surface area contributed by atoms with Gasteiger partial charge in [-0.25, -0.2) is 9.97 Å². The number of alkyl halides is 3. The Morgan fingerprint density at radius 3 is 2.89 bits per heavy atom. The lowest BCUT2D eigenvalue weighted by atomic mass is 10.4. The quantitative estimate of drug-likeness (QED) is 0.847. The number of nitrogens with zero attached hydrogens (tertiary/aromatic N) is 3. The molecule has 2 heterocycles. The summed E-state index contributed by atoms with van der Waals surface area (Å²) in [5.74, 6) is 0.536. The first-order valence-electron chi connectivity index (χ1n) is 5.62. The number of pyridine rings is 1. The summed E-state index contributed by atoms with van der Waals surface area (Å²) in [5.41, 5.74) is 1.58. The zero-order valence-corrected chi connectivity index (χ0v) is 10.2. The molecule has 0 saturated heterocycles. The van der Waals surface area contributed by atoms with Crippen LogP contribution in [0.4, 0.5) is 19.0 Å². The van der Waals surface area contributed by atoms with Gasteiger partial charge in [-0.3, -0.25) is 0 Å². The molecule has 0 aliphatic rings. The number of aromatic nitrogens is 3. The standard InChI is InChI=1S/C11H13F3N4O/c1-18-7-17-9-8(18)2-3-15-10(9)16-4-5-19-6-11(12,13)14/h2-3,7H,4-6H2,1H3,(H,15,16). The van der Waals surface area contributed by atoms with Gasteiger partial charge < -0.3 is 14.6 Å². The normalized spacial score (nSPS) is 12.0. The third-order valence-corrected chi connectivity index (χ3v) is 2.45. The van der Waals surface area contributed by atoms with Crippen LogP contribution in [0.1, 0.15) is 0 Å². The van der Waals surface area contributed by atoms with E-state index in [1.165, 1.54) is 0 Å². The van der Waals surface area contributed by atoms with Crippen LogP contribution in [-0.2, 0) is 11.8 Å². The van der Waals surface area contributed by atoms with Crippen molar-refractivity contribution in [1.82, 2.24) is 14.5 Å². The fourth-order valence-electron chi connectivity index (χ4n) is 1.62. The van der Waals surface area contributed by atoms with Crippen molar-refractivity contribution < 1.29 is 17.9 Å². The van der Waals surface area contributed by atoms with Gasteiger partial charge in [-0.15, -0.1) is 0 Å². The summed E-state index contributed by atoms with van der Waals surface area (Å²) in [4.78, 5) is 8.28. The number of hydrogen-bond donors (Lipinski definition) is 1. The number of fused-ring (bicyclic) bond motifs is 1. The van der Waals surface area contributed by atoms with Gasteiger partial charge in [0.05, 0.1) is 18.5 Å². The van der Waals surface area contributed by atoms with E-state index in [0.29, 0.717) is 11.3 Å². The molecule has 0 aliphatic heterocycles. The molecule has 0 bridgehead atoms. The van der Waals surface area contributed by atoms with E-state index in [1.807, 2.05) is 17.7 Å². The number of imidazole rings is 1. The molecule has 2 aromatic rings. The SMILES string of the molecule is Cn1cnc2c(NCCOCC(F)(F)F)nccc21. The number of rotatable bonds is 5. The molecule has 0 unspecified atom stereocenters. The Balaban J connectivity index is 1.88. The lowest BCUT2D eigenvalue weighted by Gasteiger charge is -2.09. The van der Waals surface area contributed by atoms with Crippen molar-refractivity contribution in [3.05, 3.63) is 18.6 Å². The summed E-state index contributed by atoms with van der Waals surface area (Å²) >= 11 is 0. The number of anilines is 1. The maximum atomic E-state index is 11.8. The van der Waals surface area contributed by atoms with Gasteiger partial charge in [0.2, 0.25) is 0 Å². The van der Waals surface area contributed by atoms with Crippen LogP contribution in [0.25, 0.3) is 11.0 Å². The number of hydrogen-bond acceptors (Lipinski definition) is 4. The van der Waals surface area contributed by atoms with Gasteiger partial charge in [-0.05, 0) is 6.07 Å². The van der Waals surface area contributed by atoms with Crippen LogP contribution in [0.15, 0.2) is 18.6 Å². The van der Waals surface area contributed by atoms with Gasteiger partial charge >= 0.3 is 6.18 Å². The van der Waals surface area contributed by atoms with Crippen LogP contribution in [0.3, 0.4) is 0 Å². The molecule has 104 valence electrons. The molecule has 0 aliphatic carbocycles. The average molecular weight is 274 g/mol. The third-order valence-electron chi connectivity index (χ3n) is 2.45. The molecule has 1 N–H and O–H groups in total. The lowest BCUT2D eigenvalue weighted by molar-refractivity contribution is -0.172. The Labute approximate surface area is 107 Å². The Kier molecular flexibility index (Phi) is 3.89.